The predicted octanol–water partition coefficient (Wildman–Crippen LogP) is 14.9. The van der Waals surface area contributed by atoms with Gasteiger partial charge >= 0.3 is 0 Å². The summed E-state index contributed by atoms with van der Waals surface area (Å²) >= 11 is 0. The lowest BCUT2D eigenvalue weighted by Gasteiger charge is -2.31. The summed E-state index contributed by atoms with van der Waals surface area (Å²) in [5.41, 5.74) is 20.3. The van der Waals surface area contributed by atoms with E-state index in [1.807, 2.05) is 0 Å². The molecule has 0 bridgehead atoms. The topological polar surface area (TPSA) is 16.4 Å². The third-order valence-electron chi connectivity index (χ3n) is 13.7. The molecule has 0 aliphatic heterocycles. The van der Waals surface area contributed by atoms with Gasteiger partial charge in [0.25, 0.3) is 0 Å². The van der Waals surface area contributed by atoms with Crippen LogP contribution in [0.5, 0.6) is 0 Å². The molecule has 58 heavy (non-hydrogen) atoms. The van der Waals surface area contributed by atoms with Crippen LogP contribution in [-0.4, -0.2) is 0 Å². The summed E-state index contributed by atoms with van der Waals surface area (Å²) in [7, 11) is 0. The van der Waals surface area contributed by atoms with Gasteiger partial charge in [0.05, 0.1) is 11.1 Å². The van der Waals surface area contributed by atoms with E-state index in [9.17, 15) is 0 Å². The maximum atomic E-state index is 6.96. The van der Waals surface area contributed by atoms with Gasteiger partial charge in [0.1, 0.15) is 5.58 Å². The van der Waals surface area contributed by atoms with E-state index in [0.717, 1.165) is 39.0 Å². The van der Waals surface area contributed by atoms with Crippen LogP contribution >= 0.6 is 0 Å². The Morgan fingerprint density at radius 2 is 0.897 bits per heavy atom. The fraction of sp³-hybridized carbons (Fsp3) is 0.0714. The van der Waals surface area contributed by atoms with Crippen LogP contribution < -0.4 is 4.90 Å². The monoisotopic (exact) mass is 739 g/mol. The summed E-state index contributed by atoms with van der Waals surface area (Å²) in [6.07, 6.45) is 0. The molecule has 3 aliphatic carbocycles. The average molecular weight is 740 g/mol. The minimum Gasteiger partial charge on any atom is -0.454 e. The Bertz CT molecular complexity index is 3350. The van der Waals surface area contributed by atoms with Crippen LogP contribution in [0.3, 0.4) is 0 Å². The van der Waals surface area contributed by atoms with Crippen LogP contribution in [0.25, 0.3) is 66.1 Å². The van der Waals surface area contributed by atoms with Crippen LogP contribution in [0.15, 0.2) is 192 Å². The van der Waals surface area contributed by atoms with E-state index in [4.69, 9.17) is 4.42 Å². The van der Waals surface area contributed by atoms with Crippen molar-refractivity contribution in [3.05, 3.63) is 221 Å². The highest BCUT2D eigenvalue weighted by Gasteiger charge is 2.51. The number of fused-ring (bicyclic) bond motifs is 18. The van der Waals surface area contributed by atoms with Crippen molar-refractivity contribution in [1.82, 2.24) is 0 Å². The molecule has 0 amide bonds. The Morgan fingerprint density at radius 3 is 1.60 bits per heavy atom. The number of benzene rings is 9. The first-order valence-electron chi connectivity index (χ1n) is 20.3. The number of rotatable bonds is 3. The van der Waals surface area contributed by atoms with Crippen molar-refractivity contribution in [3.8, 4) is 33.4 Å². The molecular weight excluding hydrogens is 703 g/mol. The zero-order chi connectivity index (χ0) is 38.3. The molecule has 2 heteroatoms. The van der Waals surface area contributed by atoms with E-state index < -0.39 is 5.41 Å². The lowest BCUT2D eigenvalue weighted by molar-refractivity contribution is 0.660. The van der Waals surface area contributed by atoms with Crippen LogP contribution in [-0.2, 0) is 10.8 Å². The van der Waals surface area contributed by atoms with Gasteiger partial charge in [-0.2, -0.15) is 0 Å². The standard InChI is InChI=1S/C56H37NO/c1-55(2)45-22-10-5-17-38(45)42-29-27-36(33-50(42)55)57(51-31-34-15-3-4-16-37(34)53-43-21-9-14-26-52(43)58-54(51)53)35-28-30-49-44(32-35)41-20-8-13-25-48(41)56(49)46-23-11-6-18-39(46)40-19-7-12-24-47(40)56/h3-33H,1-2H3. The Hall–Kier alpha value is -7.16. The van der Waals surface area contributed by atoms with Crippen molar-refractivity contribution in [2.24, 2.45) is 0 Å². The van der Waals surface area contributed by atoms with Gasteiger partial charge in [-0.05, 0) is 114 Å². The van der Waals surface area contributed by atoms with Crippen LogP contribution in [0.2, 0.25) is 0 Å². The maximum Gasteiger partial charge on any atom is 0.160 e. The van der Waals surface area contributed by atoms with E-state index in [1.54, 1.807) is 0 Å². The molecule has 2 nitrogen and oxygen atoms in total. The fourth-order valence-corrected chi connectivity index (χ4v) is 11.2. The summed E-state index contributed by atoms with van der Waals surface area (Å²) in [6.45, 7) is 4.73. The lowest BCUT2D eigenvalue weighted by Crippen LogP contribution is -2.25. The smallest absolute Gasteiger partial charge is 0.160 e. The first-order chi connectivity index (χ1) is 28.5. The normalized spacial score (nSPS) is 14.7. The molecule has 3 aliphatic rings. The van der Waals surface area contributed by atoms with Gasteiger partial charge < -0.3 is 9.32 Å². The predicted molar refractivity (Wildman–Crippen MR) is 240 cm³/mol. The first-order valence-corrected chi connectivity index (χ1v) is 20.3. The van der Waals surface area contributed by atoms with Gasteiger partial charge in [-0.15, -0.1) is 0 Å². The van der Waals surface area contributed by atoms with Crippen molar-refractivity contribution < 1.29 is 4.42 Å². The summed E-state index contributed by atoms with van der Waals surface area (Å²) < 4.78 is 6.96. The molecule has 0 unspecified atom stereocenters. The molecule has 0 saturated carbocycles. The SMILES string of the molecule is CC1(C)c2ccccc2-c2ccc(N(c3ccc4c(c3)-c3ccccc3C43c4ccccc4-c4ccccc43)c3cc4ccccc4c4c3oc3ccccc34)cc21. The molecule has 9 aromatic carbocycles. The number of para-hydroxylation sites is 1. The molecule has 272 valence electrons. The molecule has 0 N–H and O–H groups in total. The van der Waals surface area contributed by atoms with Gasteiger partial charge in [0.15, 0.2) is 5.58 Å². The molecule has 1 heterocycles. The molecule has 13 rings (SSSR count). The molecule has 10 aromatic rings. The minimum absolute atomic E-state index is 0.155. The van der Waals surface area contributed by atoms with Crippen LogP contribution in [0.4, 0.5) is 17.1 Å². The summed E-state index contributed by atoms with van der Waals surface area (Å²) in [5, 5.41) is 4.65. The Labute approximate surface area is 337 Å². The quantitative estimate of drug-likeness (QED) is 0.179. The molecule has 1 aromatic heterocycles. The van der Waals surface area contributed by atoms with Crippen molar-refractivity contribution in [2.45, 2.75) is 24.7 Å². The van der Waals surface area contributed by atoms with Gasteiger partial charge in [-0.3, -0.25) is 0 Å². The number of furan rings is 1. The molecule has 0 fully saturated rings. The van der Waals surface area contributed by atoms with Crippen molar-refractivity contribution >= 4 is 49.8 Å². The van der Waals surface area contributed by atoms with Crippen LogP contribution in [0.1, 0.15) is 47.2 Å². The van der Waals surface area contributed by atoms with E-state index >= 15 is 0 Å². The van der Waals surface area contributed by atoms with Crippen molar-refractivity contribution in [2.75, 3.05) is 4.90 Å². The largest absolute Gasteiger partial charge is 0.454 e. The summed E-state index contributed by atoms with van der Waals surface area (Å²) in [6, 6.07) is 69.9. The van der Waals surface area contributed by atoms with E-state index in [0.29, 0.717) is 0 Å². The van der Waals surface area contributed by atoms with Crippen molar-refractivity contribution in [3.63, 3.8) is 0 Å². The minimum atomic E-state index is -0.402. The fourth-order valence-electron chi connectivity index (χ4n) is 11.2. The maximum absolute atomic E-state index is 6.96. The third-order valence-corrected chi connectivity index (χ3v) is 13.7. The summed E-state index contributed by atoms with van der Waals surface area (Å²) in [4.78, 5) is 2.46. The molecular formula is C56H37NO. The third kappa shape index (κ3) is 3.92. The second-order valence-corrected chi connectivity index (χ2v) is 16.8. The zero-order valence-corrected chi connectivity index (χ0v) is 32.3. The highest BCUT2D eigenvalue weighted by molar-refractivity contribution is 6.23. The number of nitrogens with zero attached hydrogens (tertiary/aromatic N) is 1. The van der Waals surface area contributed by atoms with Gasteiger partial charge in [-0.25, -0.2) is 0 Å². The molecule has 1 spiro atoms. The first kappa shape index (κ1) is 32.0. The van der Waals surface area contributed by atoms with Gasteiger partial charge in [0.2, 0.25) is 0 Å². The lowest BCUT2D eigenvalue weighted by atomic mass is 9.70. The van der Waals surface area contributed by atoms with Gasteiger partial charge in [0, 0.05) is 27.6 Å². The highest BCUT2D eigenvalue weighted by Crippen LogP contribution is 2.63. The van der Waals surface area contributed by atoms with Gasteiger partial charge in [-0.1, -0.05) is 166 Å². The Kier molecular flexibility index (Phi) is 6.20. The van der Waals surface area contributed by atoms with Crippen molar-refractivity contribution in [1.29, 1.82) is 0 Å². The number of hydrogen-bond acceptors (Lipinski definition) is 2. The Morgan fingerprint density at radius 1 is 0.397 bits per heavy atom. The second-order valence-electron chi connectivity index (χ2n) is 16.8. The molecule has 0 saturated heterocycles. The van der Waals surface area contributed by atoms with E-state index in [2.05, 4.69) is 207 Å². The number of hydrogen-bond donors (Lipinski definition) is 0. The van der Waals surface area contributed by atoms with Crippen LogP contribution in [0, 0.1) is 0 Å². The summed E-state index contributed by atoms with van der Waals surface area (Å²) in [5.74, 6) is 0. The average Bonchev–Trinajstić information content (AvgIpc) is 3.97. The Balaban J connectivity index is 1.12. The molecule has 0 radical (unpaired) electrons. The van der Waals surface area contributed by atoms with E-state index in [-0.39, 0.29) is 5.41 Å². The molecule has 0 atom stereocenters. The number of anilines is 3. The highest BCUT2D eigenvalue weighted by atomic mass is 16.3. The van der Waals surface area contributed by atoms with E-state index in [1.165, 1.54) is 77.5 Å². The second kappa shape index (κ2) is 11.2. The zero-order valence-electron chi connectivity index (χ0n) is 32.3.